The summed E-state index contributed by atoms with van der Waals surface area (Å²) in [5.41, 5.74) is 0. The fourth-order valence-electron chi connectivity index (χ4n) is 2.91. The Balaban J connectivity index is 1.89. The number of carbonyl (C=O) groups is 1. The van der Waals surface area contributed by atoms with Gasteiger partial charge in [-0.1, -0.05) is 12.1 Å². The molecule has 0 aromatic carbocycles. The summed E-state index contributed by atoms with van der Waals surface area (Å²) in [5.74, 6) is 1.46. The van der Waals surface area contributed by atoms with E-state index in [0.29, 0.717) is 5.89 Å². The molecule has 0 aliphatic carbocycles. The molecule has 1 aromatic heterocycles. The second kappa shape index (κ2) is 8.29. The van der Waals surface area contributed by atoms with Gasteiger partial charge < -0.3 is 14.3 Å². The van der Waals surface area contributed by atoms with Gasteiger partial charge in [-0.25, -0.2) is 4.79 Å². The lowest BCUT2D eigenvalue weighted by molar-refractivity contribution is 0.0866. The van der Waals surface area contributed by atoms with Crippen LogP contribution >= 0.6 is 0 Å². The molecule has 1 saturated heterocycles. The summed E-state index contributed by atoms with van der Waals surface area (Å²) in [4.78, 5) is 23.0. The van der Waals surface area contributed by atoms with E-state index in [1.54, 1.807) is 0 Å². The molecule has 0 spiro atoms. The molecule has 23 heavy (non-hydrogen) atoms. The number of rotatable bonds is 6. The zero-order valence-electron chi connectivity index (χ0n) is 14.8. The summed E-state index contributed by atoms with van der Waals surface area (Å²) in [6.45, 7) is 12.9. The Hall–Kier alpha value is -1.63. The highest BCUT2D eigenvalue weighted by molar-refractivity contribution is 5.74. The van der Waals surface area contributed by atoms with Crippen LogP contribution in [0, 0.1) is 0 Å². The number of piperazine rings is 1. The molecule has 0 N–H and O–H groups in total. The van der Waals surface area contributed by atoms with Crippen LogP contribution in [-0.2, 0) is 6.42 Å². The van der Waals surface area contributed by atoms with Crippen LogP contribution in [0.5, 0.6) is 0 Å². The zero-order chi connectivity index (χ0) is 16.8. The van der Waals surface area contributed by atoms with Crippen LogP contribution < -0.4 is 0 Å². The molecule has 0 bridgehead atoms. The molecule has 7 heteroatoms. The first-order chi connectivity index (χ1) is 11.1. The molecule has 1 unspecified atom stereocenters. The topological polar surface area (TPSA) is 65.7 Å². The smallest absolute Gasteiger partial charge is 0.320 e. The fourth-order valence-corrected chi connectivity index (χ4v) is 2.91. The Bertz CT molecular complexity index is 492. The Kier molecular flexibility index (Phi) is 6.38. The molecule has 0 saturated carbocycles. The first-order valence-electron chi connectivity index (χ1n) is 8.71. The summed E-state index contributed by atoms with van der Waals surface area (Å²) < 4.78 is 5.39. The molecular formula is C16H29N5O2. The first-order valence-corrected chi connectivity index (χ1v) is 8.71. The lowest BCUT2D eigenvalue weighted by atomic mass is 10.2. The summed E-state index contributed by atoms with van der Waals surface area (Å²) in [5, 5.41) is 4.03. The van der Waals surface area contributed by atoms with Crippen molar-refractivity contribution in [2.75, 3.05) is 39.3 Å². The standard InChI is InChI=1S/C16H29N5O2/c1-5-8-14-17-15(23-18-14)13(4)20-9-11-21(12-10-20)16(22)19(6-2)7-3/h13H,5-12H2,1-4H3. The van der Waals surface area contributed by atoms with Crippen molar-refractivity contribution in [3.8, 4) is 0 Å². The summed E-state index contributed by atoms with van der Waals surface area (Å²) in [7, 11) is 0. The number of urea groups is 1. The first kappa shape index (κ1) is 17.7. The second-order valence-corrected chi connectivity index (χ2v) is 5.95. The minimum atomic E-state index is 0.0961. The van der Waals surface area contributed by atoms with E-state index < -0.39 is 0 Å². The third kappa shape index (κ3) is 4.22. The van der Waals surface area contributed by atoms with Crippen LogP contribution in [0.4, 0.5) is 4.79 Å². The summed E-state index contributed by atoms with van der Waals surface area (Å²) in [6, 6.07) is 0.240. The van der Waals surface area contributed by atoms with E-state index in [2.05, 4.69) is 28.9 Å². The van der Waals surface area contributed by atoms with Gasteiger partial charge in [-0.05, 0) is 27.2 Å². The van der Waals surface area contributed by atoms with Gasteiger partial charge in [0.1, 0.15) is 0 Å². The number of carbonyl (C=O) groups excluding carboxylic acids is 1. The average molecular weight is 323 g/mol. The fraction of sp³-hybridized carbons (Fsp3) is 0.812. The third-order valence-electron chi connectivity index (χ3n) is 4.48. The molecule has 2 heterocycles. The molecule has 1 fully saturated rings. The highest BCUT2D eigenvalue weighted by Crippen LogP contribution is 2.20. The van der Waals surface area contributed by atoms with E-state index >= 15 is 0 Å². The van der Waals surface area contributed by atoms with Crippen molar-refractivity contribution >= 4 is 6.03 Å². The van der Waals surface area contributed by atoms with Crippen molar-refractivity contribution in [2.24, 2.45) is 0 Å². The van der Waals surface area contributed by atoms with Gasteiger partial charge in [0.2, 0.25) is 5.89 Å². The molecular weight excluding hydrogens is 294 g/mol. The summed E-state index contributed by atoms with van der Waals surface area (Å²) >= 11 is 0. The number of amides is 2. The minimum absolute atomic E-state index is 0.0961. The van der Waals surface area contributed by atoms with Crippen LogP contribution in [-0.4, -0.2) is 70.1 Å². The van der Waals surface area contributed by atoms with Crippen molar-refractivity contribution in [3.05, 3.63) is 11.7 Å². The van der Waals surface area contributed by atoms with E-state index in [4.69, 9.17) is 4.52 Å². The van der Waals surface area contributed by atoms with Gasteiger partial charge in [-0.2, -0.15) is 4.98 Å². The Morgan fingerprint density at radius 2 is 1.87 bits per heavy atom. The zero-order valence-corrected chi connectivity index (χ0v) is 14.8. The Morgan fingerprint density at radius 1 is 1.22 bits per heavy atom. The number of nitrogens with zero attached hydrogens (tertiary/aromatic N) is 5. The Labute approximate surface area is 138 Å². The van der Waals surface area contributed by atoms with Crippen LogP contribution in [0.2, 0.25) is 0 Å². The molecule has 7 nitrogen and oxygen atoms in total. The Morgan fingerprint density at radius 3 is 2.43 bits per heavy atom. The predicted molar refractivity (Wildman–Crippen MR) is 88.2 cm³/mol. The predicted octanol–water partition coefficient (Wildman–Crippen LogP) is 2.16. The van der Waals surface area contributed by atoms with Crippen LogP contribution in [0.15, 0.2) is 4.52 Å². The number of hydrogen-bond donors (Lipinski definition) is 0. The molecule has 0 radical (unpaired) electrons. The lowest BCUT2D eigenvalue weighted by Gasteiger charge is -2.38. The second-order valence-electron chi connectivity index (χ2n) is 5.95. The molecule has 1 aliphatic rings. The van der Waals surface area contributed by atoms with Crippen molar-refractivity contribution in [3.63, 3.8) is 0 Å². The van der Waals surface area contributed by atoms with Crippen molar-refractivity contribution in [2.45, 2.75) is 46.6 Å². The molecule has 130 valence electrons. The van der Waals surface area contributed by atoms with Gasteiger partial charge in [-0.3, -0.25) is 4.90 Å². The quantitative estimate of drug-likeness (QED) is 0.802. The molecule has 1 aromatic rings. The monoisotopic (exact) mass is 323 g/mol. The van der Waals surface area contributed by atoms with E-state index in [-0.39, 0.29) is 12.1 Å². The van der Waals surface area contributed by atoms with E-state index in [1.165, 1.54) is 0 Å². The van der Waals surface area contributed by atoms with E-state index in [9.17, 15) is 4.79 Å². The number of aromatic nitrogens is 2. The maximum absolute atomic E-state index is 12.4. The highest BCUT2D eigenvalue weighted by Gasteiger charge is 2.28. The minimum Gasteiger partial charge on any atom is -0.338 e. The van der Waals surface area contributed by atoms with E-state index in [0.717, 1.165) is 57.9 Å². The van der Waals surface area contributed by atoms with E-state index in [1.807, 2.05) is 23.6 Å². The summed E-state index contributed by atoms with van der Waals surface area (Å²) in [6.07, 6.45) is 1.86. The molecule has 1 atom stereocenters. The SMILES string of the molecule is CCCc1noc(C(C)N2CCN(C(=O)N(CC)CC)CC2)n1. The van der Waals surface area contributed by atoms with Gasteiger partial charge in [0.15, 0.2) is 5.82 Å². The van der Waals surface area contributed by atoms with Crippen LogP contribution in [0.3, 0.4) is 0 Å². The average Bonchev–Trinajstić information content (AvgIpc) is 3.04. The van der Waals surface area contributed by atoms with Gasteiger partial charge in [0.05, 0.1) is 6.04 Å². The molecule has 1 aliphatic heterocycles. The largest absolute Gasteiger partial charge is 0.338 e. The van der Waals surface area contributed by atoms with Gasteiger partial charge in [0, 0.05) is 45.7 Å². The maximum Gasteiger partial charge on any atom is 0.320 e. The maximum atomic E-state index is 12.4. The molecule has 2 rings (SSSR count). The normalized spacial score (nSPS) is 17.3. The van der Waals surface area contributed by atoms with Crippen molar-refractivity contribution in [1.29, 1.82) is 0 Å². The van der Waals surface area contributed by atoms with Crippen molar-refractivity contribution in [1.82, 2.24) is 24.8 Å². The van der Waals surface area contributed by atoms with Gasteiger partial charge >= 0.3 is 6.03 Å². The van der Waals surface area contributed by atoms with Crippen LogP contribution in [0.1, 0.15) is 51.9 Å². The van der Waals surface area contributed by atoms with Crippen LogP contribution in [0.25, 0.3) is 0 Å². The number of aryl methyl sites for hydroxylation is 1. The number of hydrogen-bond acceptors (Lipinski definition) is 5. The van der Waals surface area contributed by atoms with Gasteiger partial charge in [0.25, 0.3) is 0 Å². The third-order valence-corrected chi connectivity index (χ3v) is 4.48. The van der Waals surface area contributed by atoms with Crippen molar-refractivity contribution < 1.29 is 9.32 Å². The molecule has 2 amide bonds. The lowest BCUT2D eigenvalue weighted by Crippen LogP contribution is -2.53. The van der Waals surface area contributed by atoms with Gasteiger partial charge in [-0.15, -0.1) is 0 Å². The highest BCUT2D eigenvalue weighted by atomic mass is 16.5.